The van der Waals surface area contributed by atoms with E-state index in [1.807, 2.05) is 77.2 Å². The average Bonchev–Trinajstić information content (AvgIpc) is 3.52. The molecule has 0 saturated carbocycles. The van der Waals surface area contributed by atoms with Gasteiger partial charge in [-0.1, -0.05) is 85.8 Å². The molecule has 4 aromatic carbocycles. The number of amides is 1. The molecular formula is C44H43F2N3O4S. The maximum Gasteiger partial charge on any atom is 0.229 e. The normalized spacial score (nSPS) is 12.3. The quantitative estimate of drug-likeness (QED) is 0.119. The van der Waals surface area contributed by atoms with Gasteiger partial charge in [0.25, 0.3) is 0 Å². The van der Waals surface area contributed by atoms with Crippen LogP contribution in [0.4, 0.5) is 14.5 Å². The number of hydrogen-bond acceptors (Lipinski definition) is 6. The van der Waals surface area contributed by atoms with E-state index in [1.165, 1.54) is 35.7 Å². The molecule has 0 saturated heterocycles. The van der Waals surface area contributed by atoms with E-state index in [0.717, 1.165) is 16.0 Å². The van der Waals surface area contributed by atoms with Crippen molar-refractivity contribution in [2.24, 2.45) is 5.92 Å². The molecule has 6 aromatic rings. The van der Waals surface area contributed by atoms with Gasteiger partial charge in [-0.2, -0.15) is 0 Å². The van der Waals surface area contributed by atoms with Gasteiger partial charge in [-0.05, 0) is 68.8 Å². The highest BCUT2D eigenvalue weighted by Gasteiger charge is 2.26. The van der Waals surface area contributed by atoms with Gasteiger partial charge in [0, 0.05) is 41.0 Å². The zero-order chi connectivity index (χ0) is 38.6. The van der Waals surface area contributed by atoms with Crippen molar-refractivity contribution in [3.05, 3.63) is 159 Å². The Hall–Kier alpha value is -5.29. The van der Waals surface area contributed by atoms with Crippen LogP contribution in [0, 0.1) is 17.6 Å². The number of fused-ring (bicyclic) bond motifs is 1. The van der Waals surface area contributed by atoms with Crippen molar-refractivity contribution < 1.29 is 23.1 Å². The second kappa shape index (κ2) is 16.4. The fraction of sp³-hybridized carbons (Fsp3) is 0.250. The molecule has 1 N–H and O–H groups in total. The number of anilines is 1. The maximum atomic E-state index is 15.1. The molecule has 0 aliphatic carbocycles. The minimum absolute atomic E-state index is 0.0932. The number of hydrogen-bond donors (Lipinski definition) is 1. The Kier molecular flexibility index (Phi) is 11.7. The highest BCUT2D eigenvalue weighted by atomic mass is 32.1. The number of pyridine rings is 1. The van der Waals surface area contributed by atoms with Crippen molar-refractivity contribution in [1.29, 1.82) is 0 Å². The number of carbonyl (C=O) groups excluding carboxylic acids is 2. The van der Waals surface area contributed by atoms with Gasteiger partial charge < -0.3 is 14.6 Å². The lowest BCUT2D eigenvalue weighted by Gasteiger charge is -2.22. The molecule has 0 bridgehead atoms. The lowest BCUT2D eigenvalue weighted by atomic mass is 10.00. The first-order valence-electron chi connectivity index (χ1n) is 17.8. The van der Waals surface area contributed by atoms with Crippen LogP contribution in [0.15, 0.2) is 114 Å². The summed E-state index contributed by atoms with van der Waals surface area (Å²) < 4.78 is 37.7. The van der Waals surface area contributed by atoms with Crippen molar-refractivity contribution in [1.82, 2.24) is 9.47 Å². The number of ether oxygens (including phenoxy) is 1. The van der Waals surface area contributed by atoms with E-state index in [4.69, 9.17) is 4.74 Å². The molecule has 54 heavy (non-hydrogen) atoms. The minimum Gasteiger partial charge on any atom is -0.375 e. The molecule has 0 unspecified atom stereocenters. The molecule has 6 rings (SSSR count). The zero-order valence-corrected chi connectivity index (χ0v) is 31.8. The zero-order valence-electron chi connectivity index (χ0n) is 31.0. The summed E-state index contributed by atoms with van der Waals surface area (Å²) >= 11 is 1.32. The molecule has 0 fully saturated rings. The highest BCUT2D eigenvalue weighted by Crippen LogP contribution is 2.39. The Labute approximate surface area is 317 Å². The first-order chi connectivity index (χ1) is 25.8. The second-order valence-corrected chi connectivity index (χ2v) is 15.5. The summed E-state index contributed by atoms with van der Waals surface area (Å²) in [7, 11) is 1.95. The first-order valence-corrected chi connectivity index (χ1v) is 18.6. The maximum absolute atomic E-state index is 15.1. The predicted molar refractivity (Wildman–Crippen MR) is 212 cm³/mol. The first kappa shape index (κ1) is 38.4. The Balaban J connectivity index is 1.48. The van der Waals surface area contributed by atoms with E-state index in [-0.39, 0.29) is 41.7 Å². The highest BCUT2D eigenvalue weighted by molar-refractivity contribution is 7.22. The number of aromatic nitrogens is 1. The number of rotatable bonds is 13. The van der Waals surface area contributed by atoms with E-state index < -0.39 is 22.8 Å². The Morgan fingerprint density at radius 3 is 2.11 bits per heavy atom. The number of halogens is 2. The van der Waals surface area contributed by atoms with Gasteiger partial charge in [0.05, 0.1) is 35.6 Å². The summed E-state index contributed by atoms with van der Waals surface area (Å²) in [6.07, 6.45) is 1.42. The molecule has 10 heteroatoms. The van der Waals surface area contributed by atoms with Crippen LogP contribution >= 0.6 is 11.3 Å². The van der Waals surface area contributed by atoms with Gasteiger partial charge in [0.1, 0.15) is 16.5 Å². The minimum atomic E-state index is -0.727. The Bertz CT molecular complexity index is 2310. The van der Waals surface area contributed by atoms with E-state index >= 15 is 8.78 Å². The van der Waals surface area contributed by atoms with E-state index in [0.29, 0.717) is 40.1 Å². The van der Waals surface area contributed by atoms with Crippen LogP contribution in [0.2, 0.25) is 0 Å². The van der Waals surface area contributed by atoms with Crippen molar-refractivity contribution >= 4 is 38.9 Å². The molecular weight excluding hydrogens is 705 g/mol. The molecule has 0 radical (unpaired) electrons. The molecule has 278 valence electrons. The summed E-state index contributed by atoms with van der Waals surface area (Å²) in [6.45, 7) is 8.58. The van der Waals surface area contributed by atoms with Crippen LogP contribution < -0.4 is 10.7 Å². The van der Waals surface area contributed by atoms with Crippen LogP contribution in [0.5, 0.6) is 0 Å². The van der Waals surface area contributed by atoms with Gasteiger partial charge in [-0.15, -0.1) is 11.3 Å². The topological polar surface area (TPSA) is 80.6 Å². The van der Waals surface area contributed by atoms with Gasteiger partial charge in [0.2, 0.25) is 11.3 Å². The summed E-state index contributed by atoms with van der Waals surface area (Å²) in [6, 6.07) is 29.5. The monoisotopic (exact) mass is 747 g/mol. The predicted octanol–water partition coefficient (Wildman–Crippen LogP) is 9.31. The van der Waals surface area contributed by atoms with Crippen LogP contribution in [-0.2, 0) is 29.2 Å². The second-order valence-electron chi connectivity index (χ2n) is 14.5. The molecule has 1 amide bonds. The number of ketones is 1. The van der Waals surface area contributed by atoms with Crippen molar-refractivity contribution in [3.8, 4) is 10.4 Å². The van der Waals surface area contributed by atoms with Gasteiger partial charge in [-0.25, -0.2) is 8.78 Å². The van der Waals surface area contributed by atoms with Crippen molar-refractivity contribution in [2.75, 3.05) is 19.0 Å². The number of carbonyl (C=O) groups is 2. The van der Waals surface area contributed by atoms with Crippen LogP contribution in [-0.4, -0.2) is 40.4 Å². The van der Waals surface area contributed by atoms with E-state index in [2.05, 4.69) is 10.2 Å². The standard InChI is InChI=1S/C44H43F2N3O4S/c1-28(27-53-44(2,3)4)42(52)47-32-21-19-31(20-22-32)41-34(24-48(5)23-29-13-8-6-9-14-29)38-40(51)35(39(50)30-15-10-7-11-16-30)26-49(43(38)54-41)25-33-36(45)17-12-18-37(33)46/h6-22,26,28H,23-25,27H2,1-5H3,(H,47,52)/t28-/m0/s1. The fourth-order valence-electron chi connectivity index (χ4n) is 6.20. The molecule has 2 heterocycles. The lowest BCUT2D eigenvalue weighted by Crippen LogP contribution is -2.29. The smallest absolute Gasteiger partial charge is 0.229 e. The van der Waals surface area contributed by atoms with Gasteiger partial charge in [-0.3, -0.25) is 19.3 Å². The summed E-state index contributed by atoms with van der Waals surface area (Å²) in [5, 5.41) is 3.28. The molecule has 2 aromatic heterocycles. The molecule has 0 aliphatic heterocycles. The average molecular weight is 748 g/mol. The third-order valence-electron chi connectivity index (χ3n) is 9.03. The van der Waals surface area contributed by atoms with Crippen LogP contribution in [0.3, 0.4) is 0 Å². The number of benzene rings is 4. The summed E-state index contributed by atoms with van der Waals surface area (Å²) in [4.78, 5) is 44.8. The van der Waals surface area contributed by atoms with E-state index in [9.17, 15) is 14.4 Å². The van der Waals surface area contributed by atoms with Gasteiger partial charge >= 0.3 is 0 Å². The third kappa shape index (κ3) is 8.90. The SMILES string of the molecule is C[C@@H](COC(C)(C)C)C(=O)Nc1ccc(-c2sc3c(c2CN(C)Cc2ccccc2)c(=O)c(C(=O)c2ccccc2)cn3Cc2c(F)cccc2F)cc1. The van der Waals surface area contributed by atoms with E-state index in [1.54, 1.807) is 47.0 Å². The Morgan fingerprint density at radius 2 is 1.48 bits per heavy atom. The largest absolute Gasteiger partial charge is 0.375 e. The summed E-state index contributed by atoms with van der Waals surface area (Å²) in [5.74, 6) is -2.49. The van der Waals surface area contributed by atoms with Gasteiger partial charge in [0.15, 0.2) is 5.78 Å². The summed E-state index contributed by atoms with van der Waals surface area (Å²) in [5.41, 5.74) is 2.38. The fourth-order valence-corrected chi connectivity index (χ4v) is 7.49. The molecule has 7 nitrogen and oxygen atoms in total. The molecule has 1 atom stereocenters. The molecule has 0 spiro atoms. The van der Waals surface area contributed by atoms with Crippen LogP contribution in [0.1, 0.15) is 60.3 Å². The number of thiophene rings is 1. The third-order valence-corrected chi connectivity index (χ3v) is 10.3. The van der Waals surface area contributed by atoms with Crippen LogP contribution in [0.25, 0.3) is 20.7 Å². The van der Waals surface area contributed by atoms with Crippen molar-refractivity contribution in [2.45, 2.75) is 52.9 Å². The lowest BCUT2D eigenvalue weighted by molar-refractivity contribution is -0.123. The number of nitrogens with zero attached hydrogens (tertiary/aromatic N) is 2. The van der Waals surface area contributed by atoms with Crippen molar-refractivity contribution in [3.63, 3.8) is 0 Å². The number of nitrogens with one attached hydrogen (secondary N) is 1. The Morgan fingerprint density at radius 1 is 0.852 bits per heavy atom. The molecule has 0 aliphatic rings.